The van der Waals surface area contributed by atoms with E-state index in [0.717, 1.165) is 11.1 Å². The Morgan fingerprint density at radius 2 is 1.74 bits per heavy atom. The first-order chi connectivity index (χ1) is 18.8. The number of aliphatic hydroxyl groups excluding tert-OH is 2. The molecule has 7 atom stereocenters. The van der Waals surface area contributed by atoms with E-state index in [1.807, 2.05) is 37.3 Å². The summed E-state index contributed by atoms with van der Waals surface area (Å²) in [4.78, 5) is 40.7. The number of carbonyl (C=O) groups is 3. The van der Waals surface area contributed by atoms with E-state index in [1.165, 1.54) is 4.90 Å². The van der Waals surface area contributed by atoms with Crippen LogP contribution in [0.25, 0.3) is 0 Å². The van der Waals surface area contributed by atoms with E-state index in [1.54, 1.807) is 31.4 Å². The topological polar surface area (TPSA) is 138 Å². The Balaban J connectivity index is 1.30. The lowest BCUT2D eigenvalue weighted by molar-refractivity contribution is -0.144. The molecule has 0 radical (unpaired) electrons. The summed E-state index contributed by atoms with van der Waals surface area (Å²) in [6.45, 7) is 1.85. The Hall–Kier alpha value is -3.76. The maximum absolute atomic E-state index is 13.7. The van der Waals surface area contributed by atoms with Gasteiger partial charge in [0, 0.05) is 24.0 Å². The van der Waals surface area contributed by atoms with Gasteiger partial charge in [-0.2, -0.15) is 5.10 Å². The van der Waals surface area contributed by atoms with Crippen LogP contribution in [-0.4, -0.2) is 58.0 Å². The van der Waals surface area contributed by atoms with Gasteiger partial charge in [0.2, 0.25) is 11.8 Å². The summed E-state index contributed by atoms with van der Waals surface area (Å²) in [5.74, 6) is -2.27. The average Bonchev–Trinajstić information content (AvgIpc) is 3.22. The first-order valence-electron chi connectivity index (χ1n) is 13.2. The normalized spacial score (nSPS) is 29.9. The van der Waals surface area contributed by atoms with Gasteiger partial charge < -0.3 is 19.7 Å². The number of hydrogen-bond donors (Lipinski definition) is 3. The lowest BCUT2D eigenvalue weighted by Gasteiger charge is -2.45. The molecule has 0 bridgehead atoms. The van der Waals surface area contributed by atoms with Crippen LogP contribution in [0.2, 0.25) is 0 Å². The van der Waals surface area contributed by atoms with Crippen molar-refractivity contribution >= 4 is 23.6 Å². The second-order valence-electron chi connectivity index (χ2n) is 10.4. The zero-order valence-electron chi connectivity index (χ0n) is 21.9. The van der Waals surface area contributed by atoms with Crippen LogP contribution in [0.1, 0.15) is 43.4 Å². The van der Waals surface area contributed by atoms with Gasteiger partial charge in [-0.1, -0.05) is 42.5 Å². The van der Waals surface area contributed by atoms with Gasteiger partial charge in [0.25, 0.3) is 0 Å². The minimum atomic E-state index is -1.19. The van der Waals surface area contributed by atoms with Crippen molar-refractivity contribution in [1.29, 1.82) is 0 Å². The fourth-order valence-corrected chi connectivity index (χ4v) is 6.30. The van der Waals surface area contributed by atoms with Crippen molar-refractivity contribution in [2.45, 2.75) is 51.0 Å². The molecule has 1 saturated heterocycles. The summed E-state index contributed by atoms with van der Waals surface area (Å²) in [5, 5.41) is 25.9. The van der Waals surface area contributed by atoms with Gasteiger partial charge in [-0.15, -0.1) is 0 Å². The third kappa shape index (κ3) is 5.14. The summed E-state index contributed by atoms with van der Waals surface area (Å²) in [6.07, 6.45) is -2.12. The van der Waals surface area contributed by atoms with Crippen molar-refractivity contribution in [2.75, 3.05) is 7.11 Å². The van der Waals surface area contributed by atoms with Crippen molar-refractivity contribution in [3.05, 3.63) is 65.7 Å². The highest BCUT2D eigenvalue weighted by molar-refractivity contribution is 6.06. The molecule has 3 N–H and O–H groups in total. The standard InChI is InChI=1S/C29H33N3O7/c1-16(18-6-4-3-5-7-18)32-27(35)21-13-12-20-22(14-23(33)26(34)24(20)25(21)28(32)36)30-31-29(37)39-15-17-8-10-19(38-2)11-9-17/h3-11,16,20-21,23-26,33-34H,12-15H2,1-2H3,(H,31,37)/b30-22+/t16-,20+,21+,23+,24-,25+,26+/m0/s1. The van der Waals surface area contributed by atoms with Crippen LogP contribution in [0.15, 0.2) is 59.7 Å². The number of hydrogen-bond acceptors (Lipinski definition) is 8. The van der Waals surface area contributed by atoms with Crippen molar-refractivity contribution in [3.8, 4) is 5.75 Å². The lowest BCUT2D eigenvalue weighted by Crippen LogP contribution is -2.55. The number of benzene rings is 2. The van der Waals surface area contributed by atoms with Crippen LogP contribution in [-0.2, 0) is 20.9 Å². The number of ether oxygens (including phenoxy) is 2. The van der Waals surface area contributed by atoms with Gasteiger partial charge in [0.05, 0.1) is 37.2 Å². The molecule has 10 nitrogen and oxygen atoms in total. The number of imide groups is 1. The van der Waals surface area contributed by atoms with Crippen LogP contribution >= 0.6 is 0 Å². The molecule has 0 unspecified atom stereocenters. The predicted molar refractivity (Wildman–Crippen MR) is 140 cm³/mol. The monoisotopic (exact) mass is 535 g/mol. The quantitative estimate of drug-likeness (QED) is 0.382. The molecular formula is C29H33N3O7. The lowest BCUT2D eigenvalue weighted by atomic mass is 9.60. The molecule has 206 valence electrons. The van der Waals surface area contributed by atoms with Gasteiger partial charge in [-0.25, -0.2) is 10.2 Å². The third-order valence-electron chi connectivity index (χ3n) is 8.30. The molecular weight excluding hydrogens is 502 g/mol. The number of rotatable bonds is 6. The molecule has 1 aliphatic heterocycles. The Bertz CT molecular complexity index is 1250. The number of aliphatic hydroxyl groups is 2. The van der Waals surface area contributed by atoms with Gasteiger partial charge in [-0.3, -0.25) is 14.5 Å². The predicted octanol–water partition coefficient (Wildman–Crippen LogP) is 2.79. The van der Waals surface area contributed by atoms with E-state index < -0.39 is 42.1 Å². The average molecular weight is 536 g/mol. The number of hydrazone groups is 1. The SMILES string of the molecule is COc1ccc(COC(=O)N/N=C2\C[C@@H](O)[C@@H](O)[C@@H]3[C@@H]4C(=O)N([C@@H](C)c5ccccc5)C(=O)[C@@H]4CC[C@H]23)cc1. The fraction of sp³-hybridized carbons (Fsp3) is 0.448. The van der Waals surface area contributed by atoms with Crippen molar-refractivity contribution in [1.82, 2.24) is 10.3 Å². The Labute approximate surface area is 226 Å². The third-order valence-corrected chi connectivity index (χ3v) is 8.30. The molecule has 3 aliphatic rings. The van der Waals surface area contributed by atoms with E-state index in [4.69, 9.17) is 9.47 Å². The van der Waals surface area contributed by atoms with E-state index in [-0.39, 0.29) is 30.8 Å². The second kappa shape index (κ2) is 11.2. The maximum Gasteiger partial charge on any atom is 0.428 e. The van der Waals surface area contributed by atoms with Crippen LogP contribution in [0.5, 0.6) is 5.75 Å². The van der Waals surface area contributed by atoms with Crippen LogP contribution in [0.4, 0.5) is 4.79 Å². The summed E-state index contributed by atoms with van der Waals surface area (Å²) < 4.78 is 10.4. The highest BCUT2D eigenvalue weighted by atomic mass is 16.6. The minimum Gasteiger partial charge on any atom is -0.497 e. The smallest absolute Gasteiger partial charge is 0.428 e. The van der Waals surface area contributed by atoms with E-state index >= 15 is 0 Å². The second-order valence-corrected chi connectivity index (χ2v) is 10.4. The van der Waals surface area contributed by atoms with Crippen molar-refractivity contribution in [2.24, 2.45) is 28.8 Å². The molecule has 0 spiro atoms. The maximum atomic E-state index is 13.7. The number of likely N-dealkylation sites (tertiary alicyclic amines) is 1. The van der Waals surface area contributed by atoms with E-state index in [9.17, 15) is 24.6 Å². The zero-order valence-corrected chi connectivity index (χ0v) is 21.9. The summed E-state index contributed by atoms with van der Waals surface area (Å²) >= 11 is 0. The molecule has 5 rings (SSSR count). The molecule has 2 aromatic carbocycles. The summed E-state index contributed by atoms with van der Waals surface area (Å²) in [7, 11) is 1.57. The highest BCUT2D eigenvalue weighted by Gasteiger charge is 2.60. The summed E-state index contributed by atoms with van der Waals surface area (Å²) in [6, 6.07) is 16.0. The zero-order chi connectivity index (χ0) is 27.7. The first-order valence-corrected chi connectivity index (χ1v) is 13.2. The number of carbonyl (C=O) groups excluding carboxylic acids is 3. The summed E-state index contributed by atoms with van der Waals surface area (Å²) in [5.41, 5.74) is 4.48. The molecule has 39 heavy (non-hydrogen) atoms. The molecule has 1 heterocycles. The number of nitrogens with one attached hydrogen (secondary N) is 1. The molecule has 3 amide bonds. The largest absolute Gasteiger partial charge is 0.497 e. The highest BCUT2D eigenvalue weighted by Crippen LogP contribution is 2.50. The van der Waals surface area contributed by atoms with Crippen molar-refractivity contribution in [3.63, 3.8) is 0 Å². The van der Waals surface area contributed by atoms with Gasteiger partial charge in [-0.05, 0) is 43.0 Å². The first kappa shape index (κ1) is 26.8. The fourth-order valence-electron chi connectivity index (χ4n) is 6.30. The van der Waals surface area contributed by atoms with E-state index in [0.29, 0.717) is 24.3 Å². The van der Waals surface area contributed by atoms with E-state index in [2.05, 4.69) is 10.5 Å². The molecule has 2 saturated carbocycles. The van der Waals surface area contributed by atoms with Crippen LogP contribution in [0, 0.1) is 23.7 Å². The number of nitrogens with zero attached hydrogens (tertiary/aromatic N) is 2. The number of fused-ring (bicyclic) bond motifs is 3. The van der Waals surface area contributed by atoms with Crippen LogP contribution in [0.3, 0.4) is 0 Å². The minimum absolute atomic E-state index is 0.0316. The van der Waals surface area contributed by atoms with Gasteiger partial charge in [0.1, 0.15) is 12.4 Å². The van der Waals surface area contributed by atoms with Gasteiger partial charge in [0.15, 0.2) is 0 Å². The van der Waals surface area contributed by atoms with Crippen molar-refractivity contribution < 1.29 is 34.1 Å². The Kier molecular flexibility index (Phi) is 7.67. The number of methoxy groups -OCH3 is 1. The molecule has 0 aromatic heterocycles. The molecule has 2 aromatic rings. The molecule has 10 heteroatoms. The molecule has 2 aliphatic carbocycles. The Morgan fingerprint density at radius 3 is 2.44 bits per heavy atom. The molecule has 3 fully saturated rings. The number of amides is 3. The van der Waals surface area contributed by atoms with Gasteiger partial charge >= 0.3 is 6.09 Å². The van der Waals surface area contributed by atoms with Crippen LogP contribution < -0.4 is 10.2 Å². The Morgan fingerprint density at radius 1 is 1.05 bits per heavy atom.